The van der Waals surface area contributed by atoms with Crippen molar-refractivity contribution in [1.29, 1.82) is 0 Å². The average Bonchev–Trinajstić information content (AvgIpc) is 2.78. The van der Waals surface area contributed by atoms with E-state index in [1.807, 2.05) is 0 Å². The zero-order chi connectivity index (χ0) is 15.7. The Morgan fingerprint density at radius 1 is 1.14 bits per heavy atom. The lowest BCUT2D eigenvalue weighted by Gasteiger charge is -2.14. The molecule has 0 saturated carbocycles. The number of nitrogens with zero attached hydrogens (tertiary/aromatic N) is 2. The molecule has 1 aliphatic rings. The van der Waals surface area contributed by atoms with Crippen LogP contribution in [0.1, 0.15) is 20.8 Å². The number of benzene rings is 1. The Bertz CT molecular complexity index is 735. The van der Waals surface area contributed by atoms with Crippen molar-refractivity contribution in [3.05, 3.63) is 53.9 Å². The van der Waals surface area contributed by atoms with Gasteiger partial charge >= 0.3 is 0 Å². The van der Waals surface area contributed by atoms with Gasteiger partial charge in [-0.15, -0.1) is 0 Å². The molecule has 1 aromatic carbocycles. The zero-order valence-corrected chi connectivity index (χ0v) is 11.2. The molecule has 7 heteroatoms. The second-order valence-electron chi connectivity index (χ2n) is 4.50. The predicted octanol–water partition coefficient (Wildman–Crippen LogP) is 0.0109. The van der Waals surface area contributed by atoms with Gasteiger partial charge in [0.2, 0.25) is 0 Å². The van der Waals surface area contributed by atoms with Gasteiger partial charge in [0.1, 0.15) is 18.1 Å². The third kappa shape index (κ3) is 2.28. The lowest BCUT2D eigenvalue weighted by molar-refractivity contribution is -0.307. The van der Waals surface area contributed by atoms with Crippen molar-refractivity contribution in [3.63, 3.8) is 0 Å². The molecule has 1 aliphatic heterocycles. The van der Waals surface area contributed by atoms with Gasteiger partial charge in [-0.3, -0.25) is 14.6 Å². The number of rotatable bonds is 4. The first-order chi connectivity index (χ1) is 10.6. The first-order valence-electron chi connectivity index (χ1n) is 6.34. The highest BCUT2D eigenvalue weighted by Crippen LogP contribution is 2.28. The number of ether oxygens (including phenoxy) is 1. The molecule has 2 heterocycles. The largest absolute Gasteiger partial charge is 0.546 e. The van der Waals surface area contributed by atoms with Gasteiger partial charge < -0.3 is 14.6 Å². The van der Waals surface area contributed by atoms with Gasteiger partial charge in [0.05, 0.1) is 17.2 Å². The summed E-state index contributed by atoms with van der Waals surface area (Å²) >= 11 is 0. The highest BCUT2D eigenvalue weighted by molar-refractivity contribution is 6.33. The number of carbonyl (C=O) groups is 3. The molecule has 0 atom stereocenters. The van der Waals surface area contributed by atoms with E-state index in [0.29, 0.717) is 11.4 Å². The van der Waals surface area contributed by atoms with Crippen molar-refractivity contribution in [2.75, 3.05) is 11.5 Å². The van der Waals surface area contributed by atoms with Crippen molar-refractivity contribution < 1.29 is 24.2 Å². The summed E-state index contributed by atoms with van der Waals surface area (Å²) in [5.41, 5.74) is 0.725. The molecule has 2 aromatic rings. The maximum absolute atomic E-state index is 12.3. The maximum atomic E-state index is 12.3. The zero-order valence-electron chi connectivity index (χ0n) is 11.2. The molecular formula is C15H9N2O5-. The highest BCUT2D eigenvalue weighted by Gasteiger charge is 2.37. The molecule has 2 amide bonds. The van der Waals surface area contributed by atoms with Crippen LogP contribution in [0.2, 0.25) is 0 Å². The molecule has 110 valence electrons. The van der Waals surface area contributed by atoms with E-state index >= 15 is 0 Å². The number of hydrogen-bond donors (Lipinski definition) is 0. The van der Waals surface area contributed by atoms with Crippen LogP contribution in [0.4, 0.5) is 5.69 Å². The van der Waals surface area contributed by atoms with E-state index in [1.165, 1.54) is 30.5 Å². The van der Waals surface area contributed by atoms with Crippen LogP contribution >= 0.6 is 0 Å². The van der Waals surface area contributed by atoms with Gasteiger partial charge in [-0.2, -0.15) is 0 Å². The first kappa shape index (κ1) is 13.7. The summed E-state index contributed by atoms with van der Waals surface area (Å²) in [4.78, 5) is 39.7. The Morgan fingerprint density at radius 2 is 1.86 bits per heavy atom. The topological polar surface area (TPSA) is 99.6 Å². The van der Waals surface area contributed by atoms with Gasteiger partial charge in [-0.1, -0.05) is 0 Å². The van der Waals surface area contributed by atoms with E-state index in [2.05, 4.69) is 4.98 Å². The SMILES string of the molecule is O=C([O-])COc1ccc(N2C(=O)c3cccnc3C2=O)cc1. The number of amides is 2. The number of hydrogen-bond acceptors (Lipinski definition) is 6. The van der Waals surface area contributed by atoms with Crippen LogP contribution in [0.5, 0.6) is 5.75 Å². The molecule has 0 bridgehead atoms. The Balaban J connectivity index is 1.85. The summed E-state index contributed by atoms with van der Waals surface area (Å²) in [6.45, 7) is -0.573. The van der Waals surface area contributed by atoms with Crippen LogP contribution in [0.3, 0.4) is 0 Å². The lowest BCUT2D eigenvalue weighted by atomic mass is 10.2. The Labute approximate surface area is 124 Å². The van der Waals surface area contributed by atoms with Crippen molar-refractivity contribution in [2.45, 2.75) is 0 Å². The molecule has 0 unspecified atom stereocenters. The molecule has 0 spiro atoms. The van der Waals surface area contributed by atoms with E-state index in [-0.39, 0.29) is 11.3 Å². The van der Waals surface area contributed by atoms with E-state index in [0.717, 1.165) is 4.90 Å². The summed E-state index contributed by atoms with van der Waals surface area (Å²) in [5.74, 6) is -1.99. The summed E-state index contributed by atoms with van der Waals surface area (Å²) in [6.07, 6.45) is 1.45. The van der Waals surface area contributed by atoms with Crippen molar-refractivity contribution >= 4 is 23.5 Å². The molecule has 0 N–H and O–H groups in total. The fourth-order valence-corrected chi connectivity index (χ4v) is 2.14. The van der Waals surface area contributed by atoms with Crippen LogP contribution < -0.4 is 14.7 Å². The van der Waals surface area contributed by atoms with Crippen LogP contribution in [-0.4, -0.2) is 29.4 Å². The van der Waals surface area contributed by atoms with Gasteiger partial charge in [0.15, 0.2) is 0 Å². The minimum absolute atomic E-state index is 0.116. The van der Waals surface area contributed by atoms with Gasteiger partial charge in [0, 0.05) is 6.20 Å². The summed E-state index contributed by atoms with van der Waals surface area (Å²) < 4.78 is 4.94. The second kappa shape index (κ2) is 5.28. The molecule has 0 aliphatic carbocycles. The van der Waals surface area contributed by atoms with Crippen LogP contribution in [0.15, 0.2) is 42.6 Å². The Morgan fingerprint density at radius 3 is 2.50 bits per heavy atom. The van der Waals surface area contributed by atoms with Gasteiger partial charge in [0.25, 0.3) is 11.8 Å². The van der Waals surface area contributed by atoms with E-state index in [9.17, 15) is 19.5 Å². The number of carboxylic acids is 1. The predicted molar refractivity (Wildman–Crippen MR) is 72.3 cm³/mol. The third-order valence-electron chi connectivity index (χ3n) is 3.10. The second-order valence-corrected chi connectivity index (χ2v) is 4.50. The highest BCUT2D eigenvalue weighted by atomic mass is 16.5. The normalized spacial score (nSPS) is 13.2. The lowest BCUT2D eigenvalue weighted by Crippen LogP contribution is -2.29. The van der Waals surface area contributed by atoms with E-state index < -0.39 is 24.4 Å². The molecular weight excluding hydrogens is 288 g/mol. The number of fused-ring (bicyclic) bond motifs is 1. The van der Waals surface area contributed by atoms with Crippen molar-refractivity contribution in [2.24, 2.45) is 0 Å². The summed E-state index contributed by atoms with van der Waals surface area (Å²) in [7, 11) is 0. The smallest absolute Gasteiger partial charge is 0.284 e. The molecule has 0 saturated heterocycles. The molecule has 0 fully saturated rings. The third-order valence-corrected chi connectivity index (χ3v) is 3.10. The number of carboxylic acid groups (broad SMARTS) is 1. The van der Waals surface area contributed by atoms with E-state index in [4.69, 9.17) is 4.74 Å². The molecule has 7 nitrogen and oxygen atoms in total. The van der Waals surface area contributed by atoms with Crippen LogP contribution in [-0.2, 0) is 4.79 Å². The molecule has 1 aromatic heterocycles. The Kier molecular flexibility index (Phi) is 3.30. The molecule has 22 heavy (non-hydrogen) atoms. The van der Waals surface area contributed by atoms with Gasteiger partial charge in [-0.25, -0.2) is 4.90 Å². The first-order valence-corrected chi connectivity index (χ1v) is 6.34. The quantitative estimate of drug-likeness (QED) is 0.737. The maximum Gasteiger partial charge on any atom is 0.284 e. The summed E-state index contributed by atoms with van der Waals surface area (Å²) in [6, 6.07) is 9.05. The number of pyridine rings is 1. The number of anilines is 1. The number of aromatic nitrogens is 1. The van der Waals surface area contributed by atoms with Crippen molar-refractivity contribution in [3.8, 4) is 5.75 Å². The minimum atomic E-state index is -1.34. The van der Waals surface area contributed by atoms with Crippen molar-refractivity contribution in [1.82, 2.24) is 4.98 Å². The minimum Gasteiger partial charge on any atom is -0.546 e. The monoisotopic (exact) mass is 297 g/mol. The molecule has 3 rings (SSSR count). The summed E-state index contributed by atoms with van der Waals surface area (Å²) in [5, 5.41) is 10.3. The molecule has 0 radical (unpaired) electrons. The number of carbonyl (C=O) groups excluding carboxylic acids is 3. The fourth-order valence-electron chi connectivity index (χ4n) is 2.14. The number of imide groups is 1. The Hall–Kier alpha value is -3.22. The van der Waals surface area contributed by atoms with Crippen LogP contribution in [0, 0.1) is 0 Å². The van der Waals surface area contributed by atoms with E-state index in [1.54, 1.807) is 12.1 Å². The average molecular weight is 297 g/mol. The van der Waals surface area contributed by atoms with Gasteiger partial charge in [-0.05, 0) is 36.4 Å². The standard InChI is InChI=1S/C15H10N2O5/c18-12(19)8-22-10-5-3-9(4-6-10)17-14(20)11-2-1-7-16-13(11)15(17)21/h1-7H,8H2,(H,18,19)/p-1. The van der Waals surface area contributed by atoms with Crippen LogP contribution in [0.25, 0.3) is 0 Å². The fraction of sp³-hybridized carbons (Fsp3) is 0.0667. The number of aliphatic carboxylic acids is 1.